The summed E-state index contributed by atoms with van der Waals surface area (Å²) < 4.78 is 0. The summed E-state index contributed by atoms with van der Waals surface area (Å²) in [5.74, 6) is 0.620. The van der Waals surface area contributed by atoms with Crippen molar-refractivity contribution in [2.75, 3.05) is 0 Å². The van der Waals surface area contributed by atoms with Crippen LogP contribution >= 0.6 is 0 Å². The van der Waals surface area contributed by atoms with Crippen LogP contribution in [0.2, 0.25) is 0 Å². The van der Waals surface area contributed by atoms with E-state index in [1.165, 1.54) is 0 Å². The van der Waals surface area contributed by atoms with Gasteiger partial charge in [0.05, 0.1) is 0 Å². The van der Waals surface area contributed by atoms with Crippen molar-refractivity contribution in [1.29, 1.82) is 0 Å². The molecule has 0 saturated carbocycles. The quantitative estimate of drug-likeness (QED) is 0.674. The van der Waals surface area contributed by atoms with E-state index in [4.69, 9.17) is 0 Å². The normalized spacial score (nSPS) is 19.5. The number of carbonyl (C=O) groups is 1. The van der Waals surface area contributed by atoms with Crippen LogP contribution in [-0.2, 0) is 4.79 Å². The monoisotopic (exact) mass is 214 g/mol. The Morgan fingerprint density at radius 2 is 1.94 bits per heavy atom. The molecule has 0 saturated heterocycles. The Balaban J connectivity index is 2.51. The Morgan fingerprint density at radius 3 is 2.56 bits per heavy atom. The summed E-state index contributed by atoms with van der Waals surface area (Å²) in [4.78, 5) is 20.0. The number of allylic oxidation sites excluding steroid dienone is 3. The molecule has 0 aliphatic heterocycles. The summed E-state index contributed by atoms with van der Waals surface area (Å²) in [6.45, 7) is 7.94. The van der Waals surface area contributed by atoms with E-state index < -0.39 is 0 Å². The van der Waals surface area contributed by atoms with Crippen LogP contribution in [0.1, 0.15) is 26.1 Å². The Hall–Kier alpha value is -1.77. The standard InChI is InChI=1S/C13H14N2O/c1-9-8-13(2,3)10(7-11(9)16)12-14-5-4-6-15-12/h4-7H,1,8H2,2-3H3. The third kappa shape index (κ3) is 1.81. The van der Waals surface area contributed by atoms with Gasteiger partial charge in [0.2, 0.25) is 0 Å². The third-order valence-corrected chi connectivity index (χ3v) is 2.82. The largest absolute Gasteiger partial charge is 0.290 e. The Kier molecular flexibility index (Phi) is 2.46. The van der Waals surface area contributed by atoms with Crippen molar-refractivity contribution in [2.45, 2.75) is 20.3 Å². The van der Waals surface area contributed by atoms with Crippen LogP contribution in [0.25, 0.3) is 5.57 Å². The summed E-state index contributed by atoms with van der Waals surface area (Å²) in [6.07, 6.45) is 5.65. The van der Waals surface area contributed by atoms with Crippen molar-refractivity contribution in [3.63, 3.8) is 0 Å². The van der Waals surface area contributed by atoms with Crippen molar-refractivity contribution < 1.29 is 4.79 Å². The maximum absolute atomic E-state index is 11.6. The molecule has 0 radical (unpaired) electrons. The molecule has 1 aromatic rings. The molecule has 82 valence electrons. The van der Waals surface area contributed by atoms with Gasteiger partial charge in [-0.2, -0.15) is 0 Å². The zero-order valence-corrected chi connectivity index (χ0v) is 9.53. The van der Waals surface area contributed by atoms with Gasteiger partial charge in [-0.1, -0.05) is 20.4 Å². The van der Waals surface area contributed by atoms with Crippen molar-refractivity contribution in [3.05, 3.63) is 42.5 Å². The van der Waals surface area contributed by atoms with E-state index in [1.54, 1.807) is 24.5 Å². The molecule has 3 heteroatoms. The molecule has 0 unspecified atom stereocenters. The van der Waals surface area contributed by atoms with Crippen molar-refractivity contribution in [1.82, 2.24) is 9.97 Å². The smallest absolute Gasteiger partial charge is 0.181 e. The second-order valence-electron chi connectivity index (χ2n) is 4.66. The van der Waals surface area contributed by atoms with Crippen LogP contribution in [0.15, 0.2) is 36.7 Å². The summed E-state index contributed by atoms with van der Waals surface area (Å²) in [6, 6.07) is 1.76. The zero-order valence-electron chi connectivity index (χ0n) is 9.53. The summed E-state index contributed by atoms with van der Waals surface area (Å²) in [5, 5.41) is 0. The van der Waals surface area contributed by atoms with Crippen LogP contribution in [0.4, 0.5) is 0 Å². The van der Waals surface area contributed by atoms with Crippen LogP contribution < -0.4 is 0 Å². The van der Waals surface area contributed by atoms with Gasteiger partial charge < -0.3 is 0 Å². The first-order valence-corrected chi connectivity index (χ1v) is 5.22. The number of nitrogens with zero attached hydrogens (tertiary/aromatic N) is 2. The molecule has 0 atom stereocenters. The van der Waals surface area contributed by atoms with Gasteiger partial charge in [0.25, 0.3) is 0 Å². The predicted octanol–water partition coefficient (Wildman–Crippen LogP) is 2.42. The molecular weight excluding hydrogens is 200 g/mol. The van der Waals surface area contributed by atoms with E-state index >= 15 is 0 Å². The average Bonchev–Trinajstić information content (AvgIpc) is 2.24. The summed E-state index contributed by atoms with van der Waals surface area (Å²) in [5.41, 5.74) is 1.42. The number of aromatic nitrogens is 2. The van der Waals surface area contributed by atoms with Gasteiger partial charge in [0.15, 0.2) is 11.6 Å². The summed E-state index contributed by atoms with van der Waals surface area (Å²) in [7, 11) is 0. The van der Waals surface area contributed by atoms with Crippen molar-refractivity contribution in [3.8, 4) is 0 Å². The lowest BCUT2D eigenvalue weighted by atomic mass is 9.73. The maximum atomic E-state index is 11.6. The fourth-order valence-corrected chi connectivity index (χ4v) is 1.95. The lowest BCUT2D eigenvalue weighted by Gasteiger charge is -2.31. The number of ketones is 1. The van der Waals surface area contributed by atoms with Gasteiger partial charge in [-0.05, 0) is 29.6 Å². The van der Waals surface area contributed by atoms with Gasteiger partial charge in [0, 0.05) is 18.0 Å². The minimum atomic E-state index is -0.133. The Labute approximate surface area is 94.9 Å². The Bertz CT molecular complexity index is 472. The van der Waals surface area contributed by atoms with Crippen LogP contribution in [0.5, 0.6) is 0 Å². The van der Waals surface area contributed by atoms with E-state index in [0.717, 1.165) is 5.57 Å². The molecule has 1 aromatic heterocycles. The van der Waals surface area contributed by atoms with Gasteiger partial charge in [0.1, 0.15) is 0 Å². The molecule has 0 amide bonds. The molecule has 3 nitrogen and oxygen atoms in total. The third-order valence-electron chi connectivity index (χ3n) is 2.82. The molecule has 0 N–H and O–H groups in total. The molecule has 16 heavy (non-hydrogen) atoms. The molecule has 2 rings (SSSR count). The first-order chi connectivity index (χ1) is 7.50. The molecule has 0 fully saturated rings. The average molecular weight is 214 g/mol. The van der Waals surface area contributed by atoms with E-state index in [2.05, 4.69) is 30.4 Å². The van der Waals surface area contributed by atoms with E-state index in [1.807, 2.05) is 0 Å². The van der Waals surface area contributed by atoms with E-state index in [-0.39, 0.29) is 11.2 Å². The highest BCUT2D eigenvalue weighted by molar-refractivity contribution is 6.09. The molecule has 0 spiro atoms. The highest BCUT2D eigenvalue weighted by Gasteiger charge is 2.33. The molecule has 0 aromatic carbocycles. The minimum Gasteiger partial charge on any atom is -0.290 e. The number of hydrogen-bond donors (Lipinski definition) is 0. The van der Waals surface area contributed by atoms with Gasteiger partial charge >= 0.3 is 0 Å². The highest BCUT2D eigenvalue weighted by atomic mass is 16.1. The molecule has 1 aliphatic carbocycles. The number of carbonyl (C=O) groups excluding carboxylic acids is 1. The zero-order chi connectivity index (χ0) is 11.8. The Morgan fingerprint density at radius 1 is 1.31 bits per heavy atom. The minimum absolute atomic E-state index is 0.0122. The fraction of sp³-hybridized carbons (Fsp3) is 0.308. The topological polar surface area (TPSA) is 42.9 Å². The van der Waals surface area contributed by atoms with Crippen molar-refractivity contribution in [2.24, 2.45) is 5.41 Å². The van der Waals surface area contributed by atoms with E-state index in [0.29, 0.717) is 17.8 Å². The molecule has 1 heterocycles. The molecule has 0 bridgehead atoms. The lowest BCUT2D eigenvalue weighted by molar-refractivity contribution is -0.111. The van der Waals surface area contributed by atoms with Gasteiger partial charge in [-0.15, -0.1) is 0 Å². The second kappa shape index (κ2) is 3.67. The molecular formula is C13H14N2O. The number of hydrogen-bond acceptors (Lipinski definition) is 3. The lowest BCUT2D eigenvalue weighted by Crippen LogP contribution is -2.23. The van der Waals surface area contributed by atoms with Crippen LogP contribution in [-0.4, -0.2) is 15.8 Å². The predicted molar refractivity (Wildman–Crippen MR) is 62.6 cm³/mol. The van der Waals surface area contributed by atoms with Crippen LogP contribution in [0.3, 0.4) is 0 Å². The van der Waals surface area contributed by atoms with Crippen LogP contribution in [0, 0.1) is 5.41 Å². The van der Waals surface area contributed by atoms with E-state index in [9.17, 15) is 4.79 Å². The highest BCUT2D eigenvalue weighted by Crippen LogP contribution is 2.41. The van der Waals surface area contributed by atoms with Gasteiger partial charge in [-0.25, -0.2) is 9.97 Å². The number of rotatable bonds is 1. The van der Waals surface area contributed by atoms with Gasteiger partial charge in [-0.3, -0.25) is 4.79 Å². The van der Waals surface area contributed by atoms with Crippen molar-refractivity contribution >= 4 is 11.4 Å². The summed E-state index contributed by atoms with van der Waals surface area (Å²) >= 11 is 0. The first kappa shape index (κ1) is 10.7. The fourth-order valence-electron chi connectivity index (χ4n) is 1.95. The first-order valence-electron chi connectivity index (χ1n) is 5.22. The second-order valence-corrected chi connectivity index (χ2v) is 4.66. The molecule has 1 aliphatic rings. The SMILES string of the molecule is C=C1CC(C)(C)C(c2ncccn2)=CC1=O. The maximum Gasteiger partial charge on any atom is 0.181 e.